The minimum absolute atomic E-state index is 0.141. The van der Waals surface area contributed by atoms with Crippen LogP contribution in [0.15, 0.2) is 54.0 Å². The molecule has 1 amide bonds. The van der Waals surface area contributed by atoms with Crippen molar-refractivity contribution in [3.8, 4) is 0 Å². The Labute approximate surface area is 182 Å². The summed E-state index contributed by atoms with van der Waals surface area (Å²) in [5.41, 5.74) is -0.805. The van der Waals surface area contributed by atoms with Crippen molar-refractivity contribution < 1.29 is 32.3 Å². The molecule has 1 aromatic rings. The number of rotatable bonds is 9. The van der Waals surface area contributed by atoms with Gasteiger partial charge in [-0.2, -0.15) is 13.2 Å². The minimum Gasteiger partial charge on any atom is -0.457 e. The van der Waals surface area contributed by atoms with E-state index in [0.717, 1.165) is 11.1 Å². The maximum atomic E-state index is 13.3. The quantitative estimate of drug-likeness (QED) is 0.218. The number of carbonyl (C=O) groups excluding carboxylic acids is 2. The van der Waals surface area contributed by atoms with Crippen molar-refractivity contribution >= 4 is 33.5 Å². The number of anilines is 1. The third-order valence-corrected chi connectivity index (χ3v) is 3.91. The molecule has 0 aliphatic carbocycles. The molecule has 0 fully saturated rings. The molecule has 0 aromatic heterocycles. The third kappa shape index (κ3) is 7.49. The first-order valence-corrected chi connectivity index (χ1v) is 9.61. The van der Waals surface area contributed by atoms with Crippen molar-refractivity contribution in [1.82, 2.24) is 4.90 Å². The van der Waals surface area contributed by atoms with Crippen molar-refractivity contribution in [2.75, 3.05) is 18.2 Å². The van der Waals surface area contributed by atoms with Crippen LogP contribution in [0.2, 0.25) is 0 Å². The largest absolute Gasteiger partial charge is 0.471 e. The maximum Gasteiger partial charge on any atom is 0.471 e. The Morgan fingerprint density at radius 1 is 1.13 bits per heavy atom. The van der Waals surface area contributed by atoms with E-state index >= 15 is 0 Å². The van der Waals surface area contributed by atoms with Crippen LogP contribution in [-0.4, -0.2) is 47.9 Å². The number of esters is 1. The summed E-state index contributed by atoms with van der Waals surface area (Å²) in [7, 11) is 0. The van der Waals surface area contributed by atoms with Gasteiger partial charge in [-0.1, -0.05) is 28.1 Å². The second kappa shape index (κ2) is 10.6. The fraction of sp³-hybridized carbons (Fsp3) is 0.400. The lowest BCUT2D eigenvalue weighted by atomic mass is 10.2. The second-order valence-electron chi connectivity index (χ2n) is 7.04. The highest BCUT2D eigenvalue weighted by molar-refractivity contribution is 9.10. The molecule has 0 aliphatic heterocycles. The molecule has 0 saturated carbocycles. The van der Waals surface area contributed by atoms with Crippen LogP contribution in [0, 0.1) is 0 Å². The van der Waals surface area contributed by atoms with Gasteiger partial charge in [0, 0.05) is 11.0 Å². The first kappa shape index (κ1) is 25.7. The Morgan fingerprint density at radius 3 is 2.13 bits per heavy atom. The van der Waals surface area contributed by atoms with Crippen molar-refractivity contribution in [3.63, 3.8) is 0 Å². The summed E-state index contributed by atoms with van der Waals surface area (Å²) >= 11 is 3.26. The summed E-state index contributed by atoms with van der Waals surface area (Å²) in [6.45, 7) is 10.8. The van der Waals surface area contributed by atoms with E-state index in [-0.39, 0.29) is 12.3 Å². The van der Waals surface area contributed by atoms with E-state index in [0.29, 0.717) is 9.37 Å². The first-order chi connectivity index (χ1) is 13.8. The Hall–Kier alpha value is -2.33. The van der Waals surface area contributed by atoms with E-state index in [1.807, 2.05) is 0 Å². The first-order valence-electron chi connectivity index (χ1n) is 8.82. The van der Waals surface area contributed by atoms with Crippen molar-refractivity contribution in [1.29, 1.82) is 0 Å². The molecule has 1 aromatic carbocycles. The van der Waals surface area contributed by atoms with Crippen LogP contribution in [0.5, 0.6) is 0 Å². The molecule has 6 nitrogen and oxygen atoms in total. The van der Waals surface area contributed by atoms with E-state index in [1.165, 1.54) is 18.2 Å². The molecular formula is C20H24BrF3N2O4. The molecule has 166 valence electrons. The number of hydrogen-bond donors (Lipinski definition) is 0. The van der Waals surface area contributed by atoms with E-state index in [4.69, 9.17) is 9.57 Å². The molecule has 1 rings (SSSR count). The summed E-state index contributed by atoms with van der Waals surface area (Å²) in [6, 6.07) is 6.23. The monoisotopic (exact) mass is 492 g/mol. The molecule has 0 spiro atoms. The number of halogens is 4. The zero-order valence-corrected chi connectivity index (χ0v) is 18.5. The predicted octanol–water partition coefficient (Wildman–Crippen LogP) is 4.62. The normalized spacial score (nSPS) is 12.6. The van der Waals surface area contributed by atoms with Gasteiger partial charge in [0.25, 0.3) is 0 Å². The van der Waals surface area contributed by atoms with Crippen molar-refractivity contribution in [3.05, 3.63) is 54.0 Å². The molecule has 1 atom stereocenters. The Kier molecular flexibility index (Phi) is 9.10. The highest BCUT2D eigenvalue weighted by Gasteiger charge is 2.49. The van der Waals surface area contributed by atoms with Gasteiger partial charge in [-0.05, 0) is 45.0 Å². The number of nitrogens with zero attached hydrogens (tertiary/aromatic N) is 2. The van der Waals surface area contributed by atoms with Crippen LogP contribution in [0.25, 0.3) is 0 Å². The molecule has 10 heteroatoms. The summed E-state index contributed by atoms with van der Waals surface area (Å²) in [5.74, 6) is -3.34. The van der Waals surface area contributed by atoms with Crippen LogP contribution in [0.4, 0.5) is 18.9 Å². The Balaban J connectivity index is 3.60. The van der Waals surface area contributed by atoms with Crippen molar-refractivity contribution in [2.24, 2.45) is 0 Å². The number of hydroxylamine groups is 1. The smallest absolute Gasteiger partial charge is 0.457 e. The molecule has 0 bridgehead atoms. The van der Waals surface area contributed by atoms with Crippen LogP contribution in [0.1, 0.15) is 20.8 Å². The number of benzene rings is 1. The Bertz CT molecular complexity index is 761. The van der Waals surface area contributed by atoms with Gasteiger partial charge in [0.2, 0.25) is 6.17 Å². The van der Waals surface area contributed by atoms with Gasteiger partial charge in [0.1, 0.15) is 5.60 Å². The Morgan fingerprint density at radius 2 is 1.70 bits per heavy atom. The highest BCUT2D eigenvalue weighted by Crippen LogP contribution is 2.27. The highest BCUT2D eigenvalue weighted by atomic mass is 79.9. The lowest BCUT2D eigenvalue weighted by Gasteiger charge is -2.38. The summed E-state index contributed by atoms with van der Waals surface area (Å²) < 4.78 is 45.9. The molecular weight excluding hydrogens is 469 g/mol. The molecule has 30 heavy (non-hydrogen) atoms. The fourth-order valence-electron chi connectivity index (χ4n) is 2.31. The van der Waals surface area contributed by atoms with Gasteiger partial charge >= 0.3 is 18.1 Å². The lowest BCUT2D eigenvalue weighted by molar-refractivity contribution is -0.193. The van der Waals surface area contributed by atoms with Gasteiger partial charge in [-0.15, -0.1) is 13.2 Å². The van der Waals surface area contributed by atoms with Gasteiger partial charge in [0.05, 0.1) is 12.3 Å². The zero-order chi connectivity index (χ0) is 23.1. The standard InChI is InChI=1S/C20H24BrF3N2O4/c1-6-12-25(18(28)20(22,23)24)16(17(27)30-19(3,4)5)26(29-13-7-2)15-10-8-14(21)9-11-15/h6-11,16H,1-2,12-13H2,3-5H3. The van der Waals surface area contributed by atoms with Gasteiger partial charge in [-0.3, -0.25) is 14.5 Å². The summed E-state index contributed by atoms with van der Waals surface area (Å²) in [5, 5.41) is 0.898. The SMILES string of the molecule is C=CCON(c1ccc(Br)cc1)C(C(=O)OC(C)(C)C)N(CC=C)C(=O)C(F)(F)F. The van der Waals surface area contributed by atoms with E-state index in [2.05, 4.69) is 29.1 Å². The minimum atomic E-state index is -5.23. The van der Waals surface area contributed by atoms with Crippen LogP contribution in [0.3, 0.4) is 0 Å². The third-order valence-electron chi connectivity index (χ3n) is 3.38. The van der Waals surface area contributed by atoms with E-state index < -0.39 is 36.4 Å². The number of amides is 1. The van der Waals surface area contributed by atoms with Gasteiger partial charge in [-0.25, -0.2) is 9.86 Å². The summed E-state index contributed by atoms with van der Waals surface area (Å²) in [6.07, 6.45) is -4.68. The van der Waals surface area contributed by atoms with Gasteiger partial charge in [0.15, 0.2) is 0 Å². The van der Waals surface area contributed by atoms with Crippen molar-refractivity contribution in [2.45, 2.75) is 38.7 Å². The lowest BCUT2D eigenvalue weighted by Crippen LogP contribution is -2.59. The molecule has 0 radical (unpaired) electrons. The van der Waals surface area contributed by atoms with Crippen LogP contribution in [-0.2, 0) is 19.2 Å². The number of hydrogen-bond acceptors (Lipinski definition) is 5. The topological polar surface area (TPSA) is 59.1 Å². The average Bonchev–Trinajstić information content (AvgIpc) is 2.62. The molecule has 0 aliphatic rings. The molecule has 0 N–H and O–H groups in total. The zero-order valence-electron chi connectivity index (χ0n) is 16.9. The number of alkyl halides is 3. The molecule has 1 unspecified atom stereocenters. The number of ether oxygens (including phenoxy) is 1. The van der Waals surface area contributed by atoms with Crippen LogP contribution < -0.4 is 5.06 Å². The second-order valence-corrected chi connectivity index (χ2v) is 7.95. The van der Waals surface area contributed by atoms with Gasteiger partial charge < -0.3 is 4.74 Å². The predicted molar refractivity (Wildman–Crippen MR) is 110 cm³/mol. The maximum absolute atomic E-state index is 13.3. The summed E-state index contributed by atoms with van der Waals surface area (Å²) in [4.78, 5) is 30.9. The molecule has 0 saturated heterocycles. The average molecular weight is 493 g/mol. The van der Waals surface area contributed by atoms with Crippen LogP contribution >= 0.6 is 15.9 Å². The van der Waals surface area contributed by atoms with E-state index in [9.17, 15) is 22.8 Å². The number of carbonyl (C=O) groups is 2. The molecule has 0 heterocycles. The fourth-order valence-corrected chi connectivity index (χ4v) is 2.57. The van der Waals surface area contributed by atoms with E-state index in [1.54, 1.807) is 32.9 Å².